The number of benzene rings is 3. The molecule has 0 N–H and O–H groups in total. The van der Waals surface area contributed by atoms with E-state index in [4.69, 9.17) is 0 Å². The molecular weight excluding hydrogens is 415 g/mol. The minimum absolute atomic E-state index is 0.111. The zero-order valence-corrected chi connectivity index (χ0v) is 18.8. The summed E-state index contributed by atoms with van der Waals surface area (Å²) in [4.78, 5) is 30.6. The molecule has 2 heterocycles. The fourth-order valence-corrected chi connectivity index (χ4v) is 4.62. The highest BCUT2D eigenvalue weighted by Gasteiger charge is 2.42. The smallest absolute Gasteiger partial charge is 0.278 e. The second-order valence-corrected chi connectivity index (χ2v) is 8.79. The van der Waals surface area contributed by atoms with Gasteiger partial charge in [-0.1, -0.05) is 54.6 Å². The van der Waals surface area contributed by atoms with Gasteiger partial charge in [-0.05, 0) is 65.8 Å². The minimum Gasteiger partial charge on any atom is -0.362 e. The van der Waals surface area contributed by atoms with Crippen LogP contribution in [0.25, 0.3) is 5.57 Å². The van der Waals surface area contributed by atoms with Gasteiger partial charge in [0.15, 0.2) is 0 Å². The van der Waals surface area contributed by atoms with Crippen LogP contribution in [0.1, 0.15) is 33.4 Å². The number of amides is 2. The first-order valence-electron chi connectivity index (χ1n) is 11.2. The first-order valence-corrected chi connectivity index (χ1v) is 11.2. The Balaban J connectivity index is 1.57. The van der Waals surface area contributed by atoms with Crippen LogP contribution in [-0.2, 0) is 29.1 Å². The molecule has 0 saturated carbocycles. The van der Waals surface area contributed by atoms with Crippen molar-refractivity contribution in [3.8, 4) is 0 Å². The number of rotatable bonds is 4. The molecule has 2 aliphatic heterocycles. The Morgan fingerprint density at radius 2 is 1.58 bits per heavy atom. The summed E-state index contributed by atoms with van der Waals surface area (Å²) in [6.07, 6.45) is 0.819. The molecule has 0 atom stereocenters. The number of hydrogen-bond donors (Lipinski definition) is 0. The number of halogens is 1. The average Bonchev–Trinajstić information content (AvgIpc) is 3.06. The van der Waals surface area contributed by atoms with E-state index in [0.29, 0.717) is 29.9 Å². The normalized spacial score (nSPS) is 16.0. The third-order valence-electron chi connectivity index (χ3n) is 6.64. The Hall–Kier alpha value is -3.73. The maximum atomic E-state index is 13.7. The summed E-state index contributed by atoms with van der Waals surface area (Å²) in [6.45, 7) is 5.40. The summed E-state index contributed by atoms with van der Waals surface area (Å²) in [6, 6.07) is 20.0. The van der Waals surface area contributed by atoms with Crippen molar-refractivity contribution in [3.05, 3.63) is 112 Å². The van der Waals surface area contributed by atoms with Gasteiger partial charge < -0.3 is 4.90 Å². The van der Waals surface area contributed by atoms with E-state index in [9.17, 15) is 14.0 Å². The lowest BCUT2D eigenvalue weighted by Crippen LogP contribution is -2.37. The summed E-state index contributed by atoms with van der Waals surface area (Å²) in [7, 11) is 0. The van der Waals surface area contributed by atoms with Crippen LogP contribution in [0.5, 0.6) is 0 Å². The molecule has 0 saturated heterocycles. The van der Waals surface area contributed by atoms with Crippen LogP contribution in [0.2, 0.25) is 0 Å². The van der Waals surface area contributed by atoms with E-state index in [1.54, 1.807) is 12.1 Å². The van der Waals surface area contributed by atoms with E-state index in [0.717, 1.165) is 23.1 Å². The SMILES string of the molecule is Cc1ccc(C2=C(N3CCc4ccccc4C3)C(=O)N(Cc3ccc(F)cc3)C2=O)cc1C. The summed E-state index contributed by atoms with van der Waals surface area (Å²) < 4.78 is 13.4. The predicted molar refractivity (Wildman–Crippen MR) is 125 cm³/mol. The molecule has 0 unspecified atom stereocenters. The van der Waals surface area contributed by atoms with Gasteiger partial charge in [-0.25, -0.2) is 4.39 Å². The second-order valence-electron chi connectivity index (χ2n) is 8.79. The molecule has 2 amide bonds. The molecule has 0 spiro atoms. The van der Waals surface area contributed by atoms with Crippen molar-refractivity contribution in [3.63, 3.8) is 0 Å². The Labute approximate surface area is 193 Å². The number of carbonyl (C=O) groups excluding carboxylic acids is 2. The Bertz CT molecular complexity index is 1290. The van der Waals surface area contributed by atoms with E-state index < -0.39 is 0 Å². The molecule has 2 aliphatic rings. The Morgan fingerprint density at radius 3 is 2.30 bits per heavy atom. The molecule has 33 heavy (non-hydrogen) atoms. The van der Waals surface area contributed by atoms with Gasteiger partial charge in [0, 0.05) is 13.1 Å². The van der Waals surface area contributed by atoms with E-state index >= 15 is 0 Å². The lowest BCUT2D eigenvalue weighted by Gasteiger charge is -2.31. The highest BCUT2D eigenvalue weighted by Crippen LogP contribution is 2.35. The van der Waals surface area contributed by atoms with Crippen LogP contribution >= 0.6 is 0 Å². The number of nitrogens with zero attached hydrogens (tertiary/aromatic N) is 2. The van der Waals surface area contributed by atoms with Crippen molar-refractivity contribution in [2.24, 2.45) is 0 Å². The van der Waals surface area contributed by atoms with Crippen LogP contribution in [-0.4, -0.2) is 28.2 Å². The van der Waals surface area contributed by atoms with E-state index in [2.05, 4.69) is 12.1 Å². The first kappa shape index (κ1) is 21.1. The number of imide groups is 1. The van der Waals surface area contributed by atoms with Gasteiger partial charge in [0.1, 0.15) is 11.5 Å². The van der Waals surface area contributed by atoms with E-state index in [1.165, 1.54) is 28.2 Å². The molecule has 0 aromatic heterocycles. The fraction of sp³-hybridized carbons (Fsp3) is 0.214. The largest absolute Gasteiger partial charge is 0.362 e. The zero-order valence-electron chi connectivity index (χ0n) is 18.8. The molecule has 4 nitrogen and oxygen atoms in total. The third kappa shape index (κ3) is 3.84. The monoisotopic (exact) mass is 440 g/mol. The number of hydrogen-bond acceptors (Lipinski definition) is 3. The molecular formula is C28H25FN2O2. The number of aryl methyl sites for hydroxylation is 2. The lowest BCUT2D eigenvalue weighted by atomic mass is 9.96. The van der Waals surface area contributed by atoms with Gasteiger partial charge in [0.2, 0.25) is 0 Å². The van der Waals surface area contributed by atoms with Gasteiger partial charge in [0.05, 0.1) is 12.1 Å². The molecule has 0 radical (unpaired) electrons. The van der Waals surface area contributed by atoms with Crippen molar-refractivity contribution in [1.29, 1.82) is 0 Å². The van der Waals surface area contributed by atoms with Crippen molar-refractivity contribution >= 4 is 17.4 Å². The molecule has 0 fully saturated rings. The first-order chi connectivity index (χ1) is 15.9. The number of carbonyl (C=O) groups is 2. The molecule has 3 aromatic carbocycles. The van der Waals surface area contributed by atoms with E-state index in [1.807, 2.05) is 49.1 Å². The predicted octanol–water partition coefficient (Wildman–Crippen LogP) is 4.78. The topological polar surface area (TPSA) is 40.6 Å². The maximum Gasteiger partial charge on any atom is 0.278 e. The van der Waals surface area contributed by atoms with Crippen LogP contribution < -0.4 is 0 Å². The van der Waals surface area contributed by atoms with Gasteiger partial charge in [-0.3, -0.25) is 14.5 Å². The second kappa shape index (κ2) is 8.32. The third-order valence-corrected chi connectivity index (χ3v) is 6.64. The summed E-state index contributed by atoms with van der Waals surface area (Å²) in [5.74, 6) is -0.946. The lowest BCUT2D eigenvalue weighted by molar-refractivity contribution is -0.138. The van der Waals surface area contributed by atoms with Gasteiger partial charge in [0.25, 0.3) is 11.8 Å². The average molecular weight is 441 g/mol. The standard InChI is InChI=1S/C28H25FN2O2/c1-18-7-10-22(15-19(18)2)25-26(30-14-13-21-5-3-4-6-23(21)17-30)28(33)31(27(25)32)16-20-8-11-24(29)12-9-20/h3-12,15H,13-14,16-17H2,1-2H3. The van der Waals surface area contributed by atoms with Crippen LogP contribution in [0, 0.1) is 19.7 Å². The Morgan fingerprint density at radius 1 is 0.848 bits per heavy atom. The number of fused-ring (bicyclic) bond motifs is 1. The highest BCUT2D eigenvalue weighted by molar-refractivity contribution is 6.35. The molecule has 3 aromatic rings. The van der Waals surface area contributed by atoms with Crippen LogP contribution in [0.3, 0.4) is 0 Å². The summed E-state index contributed by atoms with van der Waals surface area (Å²) in [5, 5.41) is 0. The molecule has 5 heteroatoms. The summed E-state index contributed by atoms with van der Waals surface area (Å²) in [5.41, 5.74) is 7.03. The van der Waals surface area contributed by atoms with Crippen LogP contribution in [0.4, 0.5) is 4.39 Å². The zero-order chi connectivity index (χ0) is 23.1. The van der Waals surface area contributed by atoms with E-state index in [-0.39, 0.29) is 24.2 Å². The Kier molecular flexibility index (Phi) is 5.33. The molecule has 0 bridgehead atoms. The quantitative estimate of drug-likeness (QED) is 0.548. The van der Waals surface area contributed by atoms with Crippen molar-refractivity contribution in [1.82, 2.24) is 9.80 Å². The van der Waals surface area contributed by atoms with Crippen molar-refractivity contribution < 1.29 is 14.0 Å². The molecule has 0 aliphatic carbocycles. The highest BCUT2D eigenvalue weighted by atomic mass is 19.1. The fourth-order valence-electron chi connectivity index (χ4n) is 4.62. The van der Waals surface area contributed by atoms with Crippen LogP contribution in [0.15, 0.2) is 72.4 Å². The van der Waals surface area contributed by atoms with Crippen molar-refractivity contribution in [2.75, 3.05) is 6.54 Å². The van der Waals surface area contributed by atoms with Gasteiger partial charge in [-0.15, -0.1) is 0 Å². The van der Waals surface area contributed by atoms with Gasteiger partial charge >= 0.3 is 0 Å². The summed E-state index contributed by atoms with van der Waals surface area (Å²) >= 11 is 0. The maximum absolute atomic E-state index is 13.7. The minimum atomic E-state index is -0.348. The van der Waals surface area contributed by atoms with Gasteiger partial charge in [-0.2, -0.15) is 0 Å². The molecule has 166 valence electrons. The van der Waals surface area contributed by atoms with Crippen molar-refractivity contribution in [2.45, 2.75) is 33.4 Å². The molecule has 5 rings (SSSR count).